The minimum Gasteiger partial charge on any atom is -0.490 e. The Morgan fingerprint density at radius 3 is 2.50 bits per heavy atom. The second kappa shape index (κ2) is 9.64. The van der Waals surface area contributed by atoms with Gasteiger partial charge < -0.3 is 19.5 Å². The lowest BCUT2D eigenvalue weighted by molar-refractivity contribution is -0.0514. The van der Waals surface area contributed by atoms with Crippen molar-refractivity contribution in [2.45, 2.75) is 20.1 Å². The highest BCUT2D eigenvalue weighted by atomic mass is 19.3. The number of aromatic carboxylic acids is 1. The molecule has 0 aliphatic heterocycles. The molecule has 0 spiro atoms. The number of ether oxygens (including phenoxy) is 2. The van der Waals surface area contributed by atoms with E-state index in [1.807, 2.05) is 0 Å². The molecule has 7 nitrogen and oxygen atoms in total. The zero-order chi connectivity index (χ0) is 21.5. The summed E-state index contributed by atoms with van der Waals surface area (Å²) in [6, 6.07) is 10.9. The number of carboxylic acid groups (broad SMARTS) is 1. The fourth-order valence-corrected chi connectivity index (χ4v) is 2.86. The topological polar surface area (TPSA) is 84.8 Å². The summed E-state index contributed by atoms with van der Waals surface area (Å²) >= 11 is 0. The lowest BCUT2D eigenvalue weighted by Gasteiger charge is -2.26. The van der Waals surface area contributed by atoms with Gasteiger partial charge in [0.05, 0.1) is 18.7 Å². The number of carbonyl (C=O) groups is 1. The van der Waals surface area contributed by atoms with Crippen molar-refractivity contribution in [1.82, 2.24) is 9.97 Å². The first-order valence-corrected chi connectivity index (χ1v) is 9.04. The molecule has 0 unspecified atom stereocenters. The summed E-state index contributed by atoms with van der Waals surface area (Å²) in [5.41, 5.74) is 2.06. The van der Waals surface area contributed by atoms with Gasteiger partial charge in [0.2, 0.25) is 0 Å². The molecule has 0 atom stereocenters. The van der Waals surface area contributed by atoms with Gasteiger partial charge in [-0.15, -0.1) is 0 Å². The van der Waals surface area contributed by atoms with Crippen molar-refractivity contribution in [1.29, 1.82) is 0 Å². The zero-order valence-electron chi connectivity index (χ0n) is 16.0. The Kier molecular flexibility index (Phi) is 6.74. The first-order chi connectivity index (χ1) is 14.5. The molecule has 0 aliphatic carbocycles. The predicted molar refractivity (Wildman–Crippen MR) is 106 cm³/mol. The summed E-state index contributed by atoms with van der Waals surface area (Å²) in [6.45, 7) is -0.692. The number of hydrogen-bond acceptors (Lipinski definition) is 6. The summed E-state index contributed by atoms with van der Waals surface area (Å²) in [4.78, 5) is 21.2. The van der Waals surface area contributed by atoms with Crippen LogP contribution in [0.4, 0.5) is 20.2 Å². The number of alkyl halides is 2. The Labute approximate surface area is 171 Å². The number of benzene rings is 2. The Morgan fingerprint density at radius 1 is 1.10 bits per heavy atom. The third-order valence-corrected chi connectivity index (χ3v) is 4.11. The number of nitrogens with zero attached hydrogens (tertiary/aromatic N) is 3. The maximum atomic E-state index is 12.7. The van der Waals surface area contributed by atoms with Crippen LogP contribution in [0.5, 0.6) is 11.5 Å². The average Bonchev–Trinajstić information content (AvgIpc) is 2.74. The Hall–Kier alpha value is -3.75. The van der Waals surface area contributed by atoms with Gasteiger partial charge in [0.25, 0.3) is 0 Å². The number of anilines is 2. The number of hydrogen-bond donors (Lipinski definition) is 1. The van der Waals surface area contributed by atoms with Crippen molar-refractivity contribution in [2.24, 2.45) is 0 Å². The van der Waals surface area contributed by atoms with E-state index in [0.29, 0.717) is 17.9 Å². The van der Waals surface area contributed by atoms with E-state index in [-0.39, 0.29) is 23.7 Å². The van der Waals surface area contributed by atoms with Crippen LogP contribution in [0.2, 0.25) is 0 Å². The molecule has 0 bridgehead atoms. The van der Waals surface area contributed by atoms with Crippen molar-refractivity contribution >= 4 is 17.3 Å². The molecule has 2 aromatic carbocycles. The number of rotatable bonds is 9. The van der Waals surface area contributed by atoms with Crippen molar-refractivity contribution in [3.8, 4) is 11.5 Å². The SMILES string of the molecule is CCOc1cc(N(Cc2cncnc2)c2cccc(C(=O)O)c2)ccc1OC(F)F. The largest absolute Gasteiger partial charge is 0.490 e. The lowest BCUT2D eigenvalue weighted by atomic mass is 10.1. The van der Waals surface area contributed by atoms with Crippen LogP contribution in [0.1, 0.15) is 22.8 Å². The Balaban J connectivity index is 2.06. The Bertz CT molecular complexity index is 1000. The number of carboxylic acids is 1. The van der Waals surface area contributed by atoms with Crippen LogP contribution in [0, 0.1) is 0 Å². The minimum absolute atomic E-state index is 0.0853. The van der Waals surface area contributed by atoms with Gasteiger partial charge in [-0.25, -0.2) is 14.8 Å². The summed E-state index contributed by atoms with van der Waals surface area (Å²) < 4.78 is 35.4. The highest BCUT2D eigenvalue weighted by molar-refractivity contribution is 5.89. The van der Waals surface area contributed by atoms with E-state index >= 15 is 0 Å². The minimum atomic E-state index is -2.99. The summed E-state index contributed by atoms with van der Waals surface area (Å²) in [5, 5.41) is 9.34. The average molecular weight is 415 g/mol. The number of aromatic nitrogens is 2. The summed E-state index contributed by atoms with van der Waals surface area (Å²) in [6.07, 6.45) is 4.68. The van der Waals surface area contributed by atoms with E-state index in [2.05, 4.69) is 14.7 Å². The van der Waals surface area contributed by atoms with Crippen molar-refractivity contribution < 1.29 is 28.2 Å². The van der Waals surface area contributed by atoms with Gasteiger partial charge in [-0.1, -0.05) is 6.07 Å². The summed E-state index contributed by atoms with van der Waals surface area (Å²) in [5.74, 6) is -0.993. The van der Waals surface area contributed by atoms with Crippen LogP contribution in [0.15, 0.2) is 61.2 Å². The predicted octanol–water partition coefficient (Wildman–Crippen LogP) is 4.51. The molecule has 9 heteroatoms. The second-order valence-corrected chi connectivity index (χ2v) is 6.13. The van der Waals surface area contributed by atoms with E-state index in [1.54, 1.807) is 48.5 Å². The monoisotopic (exact) mass is 415 g/mol. The molecule has 3 rings (SSSR count). The van der Waals surface area contributed by atoms with Gasteiger partial charge in [0.15, 0.2) is 11.5 Å². The van der Waals surface area contributed by atoms with E-state index in [0.717, 1.165) is 5.56 Å². The van der Waals surface area contributed by atoms with E-state index < -0.39 is 12.6 Å². The van der Waals surface area contributed by atoms with Gasteiger partial charge >= 0.3 is 12.6 Å². The maximum Gasteiger partial charge on any atom is 0.387 e. The standard InChI is InChI=1S/C21H19F2N3O4/c1-2-29-19-9-17(6-7-18(19)30-21(22)23)26(12-14-10-24-13-25-11-14)16-5-3-4-15(8-16)20(27)28/h3-11,13,21H,2,12H2,1H3,(H,27,28). The molecule has 0 radical (unpaired) electrons. The number of halogens is 2. The van der Waals surface area contributed by atoms with Crippen molar-refractivity contribution in [3.63, 3.8) is 0 Å². The van der Waals surface area contributed by atoms with Gasteiger partial charge in [-0.05, 0) is 37.3 Å². The van der Waals surface area contributed by atoms with E-state index in [4.69, 9.17) is 4.74 Å². The second-order valence-electron chi connectivity index (χ2n) is 6.13. The van der Waals surface area contributed by atoms with Gasteiger partial charge in [0.1, 0.15) is 6.33 Å². The first-order valence-electron chi connectivity index (χ1n) is 9.04. The molecule has 0 saturated carbocycles. The molecule has 1 heterocycles. The fraction of sp³-hybridized carbons (Fsp3) is 0.190. The van der Waals surface area contributed by atoms with Gasteiger partial charge in [-0.3, -0.25) is 0 Å². The van der Waals surface area contributed by atoms with E-state index in [1.165, 1.54) is 24.5 Å². The highest BCUT2D eigenvalue weighted by Gasteiger charge is 2.17. The summed E-state index contributed by atoms with van der Waals surface area (Å²) in [7, 11) is 0. The van der Waals surface area contributed by atoms with Crippen LogP contribution in [0.25, 0.3) is 0 Å². The van der Waals surface area contributed by atoms with Crippen LogP contribution in [-0.2, 0) is 6.54 Å². The van der Waals surface area contributed by atoms with Crippen LogP contribution in [-0.4, -0.2) is 34.3 Å². The van der Waals surface area contributed by atoms with Gasteiger partial charge in [0, 0.05) is 35.4 Å². The molecule has 1 aromatic heterocycles. The zero-order valence-corrected chi connectivity index (χ0v) is 16.0. The molecule has 0 fully saturated rings. The van der Waals surface area contributed by atoms with Crippen molar-refractivity contribution in [2.75, 3.05) is 11.5 Å². The fourth-order valence-electron chi connectivity index (χ4n) is 2.86. The molecule has 156 valence electrons. The lowest BCUT2D eigenvalue weighted by Crippen LogP contribution is -2.17. The molecule has 0 saturated heterocycles. The smallest absolute Gasteiger partial charge is 0.387 e. The van der Waals surface area contributed by atoms with Gasteiger partial charge in [-0.2, -0.15) is 8.78 Å². The molecule has 1 N–H and O–H groups in total. The molecular formula is C21H19F2N3O4. The Morgan fingerprint density at radius 2 is 1.83 bits per heavy atom. The van der Waals surface area contributed by atoms with Crippen LogP contribution in [0.3, 0.4) is 0 Å². The molecule has 30 heavy (non-hydrogen) atoms. The van der Waals surface area contributed by atoms with Crippen LogP contribution >= 0.6 is 0 Å². The molecule has 3 aromatic rings. The maximum absolute atomic E-state index is 12.7. The third-order valence-electron chi connectivity index (χ3n) is 4.11. The molecule has 0 aliphatic rings. The molecular weight excluding hydrogens is 396 g/mol. The quantitative estimate of drug-likeness (QED) is 0.550. The first kappa shape index (κ1) is 21.0. The normalized spacial score (nSPS) is 10.7. The third kappa shape index (κ3) is 5.19. The van der Waals surface area contributed by atoms with Crippen molar-refractivity contribution in [3.05, 3.63) is 72.3 Å². The van der Waals surface area contributed by atoms with Crippen LogP contribution < -0.4 is 14.4 Å². The molecule has 0 amide bonds. The highest BCUT2D eigenvalue weighted by Crippen LogP contribution is 2.36. The van der Waals surface area contributed by atoms with E-state index in [9.17, 15) is 18.7 Å².